The van der Waals surface area contributed by atoms with E-state index in [0.29, 0.717) is 32.3 Å². The molecule has 132 valence electrons. The molecule has 1 aliphatic heterocycles. The van der Waals surface area contributed by atoms with Crippen LogP contribution in [-0.4, -0.2) is 48.4 Å². The Morgan fingerprint density at radius 3 is 2.88 bits per heavy atom. The number of aryl methyl sites for hydroxylation is 1. The number of aliphatic hydroxyl groups is 1. The summed E-state index contributed by atoms with van der Waals surface area (Å²) in [7, 11) is 0. The van der Waals surface area contributed by atoms with Crippen LogP contribution >= 0.6 is 0 Å². The number of fused-ring (bicyclic) bond motifs is 1. The maximum atomic E-state index is 11.7. The number of benzene rings is 1. The molecule has 1 aliphatic carbocycles. The van der Waals surface area contributed by atoms with E-state index in [-0.39, 0.29) is 6.09 Å². The number of rotatable bonds is 4. The molecule has 1 saturated heterocycles. The second-order valence-corrected chi connectivity index (χ2v) is 6.88. The minimum absolute atomic E-state index is 0.212. The number of hydrogen-bond acceptors (Lipinski definition) is 4. The molecule has 1 heterocycles. The van der Waals surface area contributed by atoms with Gasteiger partial charge in [0.05, 0.1) is 6.61 Å². The highest BCUT2D eigenvalue weighted by Gasteiger charge is 2.35. The second kappa shape index (κ2) is 7.53. The molecule has 24 heavy (non-hydrogen) atoms. The first kappa shape index (κ1) is 17.2. The molecule has 1 amide bonds. The minimum Gasteiger partial charge on any atom is -0.450 e. The van der Waals surface area contributed by atoms with E-state index in [1.807, 2.05) is 19.1 Å². The lowest BCUT2D eigenvalue weighted by Gasteiger charge is -2.38. The Kier molecular flexibility index (Phi) is 5.41. The van der Waals surface area contributed by atoms with Crippen molar-refractivity contribution in [1.29, 1.82) is 0 Å². The van der Waals surface area contributed by atoms with Crippen molar-refractivity contribution in [2.45, 2.75) is 50.7 Å². The SMILES string of the molecule is CCOC(=O)N1CCC(NC[C@@]2(O)CCCc3ccccc32)CC1. The molecule has 5 nitrogen and oxygen atoms in total. The summed E-state index contributed by atoms with van der Waals surface area (Å²) in [5.74, 6) is 0. The van der Waals surface area contributed by atoms with Crippen LogP contribution in [0.1, 0.15) is 43.7 Å². The van der Waals surface area contributed by atoms with Gasteiger partial charge in [-0.05, 0) is 50.2 Å². The first-order chi connectivity index (χ1) is 11.6. The van der Waals surface area contributed by atoms with Crippen LogP contribution < -0.4 is 5.32 Å². The molecule has 2 N–H and O–H groups in total. The topological polar surface area (TPSA) is 61.8 Å². The fourth-order valence-electron chi connectivity index (χ4n) is 3.88. The van der Waals surface area contributed by atoms with Crippen LogP contribution in [0.4, 0.5) is 4.79 Å². The quantitative estimate of drug-likeness (QED) is 0.889. The van der Waals surface area contributed by atoms with Crippen molar-refractivity contribution in [2.75, 3.05) is 26.2 Å². The fourth-order valence-corrected chi connectivity index (χ4v) is 3.88. The predicted octanol–water partition coefficient (Wildman–Crippen LogP) is 2.42. The third-order valence-corrected chi connectivity index (χ3v) is 5.26. The highest BCUT2D eigenvalue weighted by molar-refractivity contribution is 5.67. The minimum atomic E-state index is -0.771. The summed E-state index contributed by atoms with van der Waals surface area (Å²) in [4.78, 5) is 13.5. The van der Waals surface area contributed by atoms with Gasteiger partial charge in [-0.3, -0.25) is 0 Å². The van der Waals surface area contributed by atoms with E-state index in [2.05, 4.69) is 17.4 Å². The summed E-state index contributed by atoms with van der Waals surface area (Å²) in [5, 5.41) is 14.7. The van der Waals surface area contributed by atoms with Gasteiger partial charge in [-0.25, -0.2) is 4.79 Å². The van der Waals surface area contributed by atoms with Crippen molar-refractivity contribution in [2.24, 2.45) is 0 Å². The second-order valence-electron chi connectivity index (χ2n) is 6.88. The number of carbonyl (C=O) groups excluding carboxylic acids is 1. The molecule has 5 heteroatoms. The third-order valence-electron chi connectivity index (χ3n) is 5.26. The molecule has 0 aromatic heterocycles. The highest BCUT2D eigenvalue weighted by Crippen LogP contribution is 2.34. The zero-order chi connectivity index (χ0) is 17.0. The van der Waals surface area contributed by atoms with Gasteiger partial charge >= 0.3 is 6.09 Å². The fraction of sp³-hybridized carbons (Fsp3) is 0.632. The van der Waals surface area contributed by atoms with E-state index in [9.17, 15) is 9.90 Å². The molecular weight excluding hydrogens is 304 g/mol. The molecule has 2 aliphatic rings. The van der Waals surface area contributed by atoms with Crippen LogP contribution in [-0.2, 0) is 16.8 Å². The molecule has 1 aromatic carbocycles. The normalized spacial score (nSPS) is 24.5. The lowest BCUT2D eigenvalue weighted by Crippen LogP contribution is -2.49. The van der Waals surface area contributed by atoms with Crippen LogP contribution in [0.15, 0.2) is 24.3 Å². The van der Waals surface area contributed by atoms with Gasteiger partial charge in [-0.15, -0.1) is 0 Å². The molecule has 1 aromatic rings. The summed E-state index contributed by atoms with van der Waals surface area (Å²) in [5.41, 5.74) is 1.57. The number of amides is 1. The number of likely N-dealkylation sites (tertiary alicyclic amines) is 1. The lowest BCUT2D eigenvalue weighted by molar-refractivity contribution is 0.0140. The van der Waals surface area contributed by atoms with Crippen molar-refractivity contribution < 1.29 is 14.6 Å². The first-order valence-corrected chi connectivity index (χ1v) is 9.08. The summed E-state index contributed by atoms with van der Waals surface area (Å²) >= 11 is 0. The molecule has 0 spiro atoms. The van der Waals surface area contributed by atoms with Gasteiger partial charge in [0.15, 0.2) is 0 Å². The first-order valence-electron chi connectivity index (χ1n) is 9.08. The van der Waals surface area contributed by atoms with E-state index in [1.165, 1.54) is 5.56 Å². The molecule has 3 rings (SSSR count). The van der Waals surface area contributed by atoms with Crippen LogP contribution in [0.3, 0.4) is 0 Å². The van der Waals surface area contributed by atoms with E-state index >= 15 is 0 Å². The summed E-state index contributed by atoms with van der Waals surface area (Å²) in [6.45, 7) is 4.25. The summed E-state index contributed by atoms with van der Waals surface area (Å²) < 4.78 is 5.05. The Morgan fingerprint density at radius 1 is 1.38 bits per heavy atom. The number of nitrogens with zero attached hydrogens (tertiary/aromatic N) is 1. The van der Waals surface area contributed by atoms with Gasteiger partial charge in [-0.1, -0.05) is 24.3 Å². The Hall–Kier alpha value is -1.59. The zero-order valence-electron chi connectivity index (χ0n) is 14.5. The predicted molar refractivity (Wildman–Crippen MR) is 92.9 cm³/mol. The van der Waals surface area contributed by atoms with Gasteiger partial charge in [-0.2, -0.15) is 0 Å². The van der Waals surface area contributed by atoms with Crippen molar-refractivity contribution in [3.63, 3.8) is 0 Å². The van der Waals surface area contributed by atoms with Crippen molar-refractivity contribution >= 4 is 6.09 Å². The van der Waals surface area contributed by atoms with Gasteiger partial charge in [0.2, 0.25) is 0 Å². The lowest BCUT2D eigenvalue weighted by atomic mass is 9.79. The number of nitrogens with one attached hydrogen (secondary N) is 1. The van der Waals surface area contributed by atoms with Crippen LogP contribution in [0.5, 0.6) is 0 Å². The monoisotopic (exact) mass is 332 g/mol. The standard InChI is InChI=1S/C19H28N2O3/c1-2-24-18(22)21-12-9-16(10-13-21)20-14-19(23)11-5-7-15-6-3-4-8-17(15)19/h3-4,6,8,16,20,23H,2,5,7,9-14H2,1H3/t19-/m0/s1. The maximum absolute atomic E-state index is 11.7. The largest absolute Gasteiger partial charge is 0.450 e. The molecular formula is C19H28N2O3. The number of carbonyl (C=O) groups is 1. The molecule has 1 atom stereocenters. The number of hydrogen-bond donors (Lipinski definition) is 2. The van der Waals surface area contributed by atoms with Gasteiger partial charge in [0, 0.05) is 25.7 Å². The molecule has 0 radical (unpaired) electrons. The Balaban J connectivity index is 1.53. The third kappa shape index (κ3) is 3.73. The van der Waals surface area contributed by atoms with Gasteiger partial charge in [0.25, 0.3) is 0 Å². The number of ether oxygens (including phenoxy) is 1. The van der Waals surface area contributed by atoms with Crippen LogP contribution in [0.25, 0.3) is 0 Å². The average molecular weight is 332 g/mol. The van der Waals surface area contributed by atoms with E-state index < -0.39 is 5.60 Å². The van der Waals surface area contributed by atoms with Gasteiger partial charge < -0.3 is 20.1 Å². The van der Waals surface area contributed by atoms with E-state index in [1.54, 1.807) is 4.90 Å². The summed E-state index contributed by atoms with van der Waals surface area (Å²) in [6, 6.07) is 8.57. The van der Waals surface area contributed by atoms with E-state index in [4.69, 9.17) is 4.74 Å². The van der Waals surface area contributed by atoms with Crippen LogP contribution in [0, 0.1) is 0 Å². The maximum Gasteiger partial charge on any atom is 0.409 e. The zero-order valence-corrected chi connectivity index (χ0v) is 14.5. The van der Waals surface area contributed by atoms with Crippen LogP contribution in [0.2, 0.25) is 0 Å². The molecule has 0 bridgehead atoms. The Bertz CT molecular complexity index is 569. The molecule has 0 unspecified atom stereocenters. The van der Waals surface area contributed by atoms with Crippen molar-refractivity contribution in [1.82, 2.24) is 10.2 Å². The molecule has 0 saturated carbocycles. The number of piperidine rings is 1. The summed E-state index contributed by atoms with van der Waals surface area (Å²) in [6.07, 6.45) is 4.47. The highest BCUT2D eigenvalue weighted by atomic mass is 16.6. The van der Waals surface area contributed by atoms with Crippen molar-refractivity contribution in [3.05, 3.63) is 35.4 Å². The molecule has 1 fully saturated rings. The van der Waals surface area contributed by atoms with Crippen molar-refractivity contribution in [3.8, 4) is 0 Å². The van der Waals surface area contributed by atoms with Gasteiger partial charge in [0.1, 0.15) is 5.60 Å². The smallest absolute Gasteiger partial charge is 0.409 e. The Morgan fingerprint density at radius 2 is 2.12 bits per heavy atom. The average Bonchev–Trinajstić information content (AvgIpc) is 2.61. The Labute approximate surface area is 144 Å². The van der Waals surface area contributed by atoms with E-state index in [0.717, 1.165) is 37.7 Å².